The Labute approximate surface area is 112 Å². The molecule has 1 N–H and O–H groups in total. The number of aliphatic hydroxyl groups is 1. The summed E-state index contributed by atoms with van der Waals surface area (Å²) in [6.45, 7) is 0.918. The zero-order valence-electron chi connectivity index (χ0n) is 10.1. The van der Waals surface area contributed by atoms with Gasteiger partial charge < -0.3 is 10.0 Å². The largest absolute Gasteiger partial charge is 0.394 e. The van der Waals surface area contributed by atoms with E-state index in [1.807, 2.05) is 4.90 Å². The molecule has 0 aromatic carbocycles. The molecule has 1 atom stereocenters. The van der Waals surface area contributed by atoms with E-state index in [1.165, 1.54) is 0 Å². The lowest BCUT2D eigenvalue weighted by atomic mass is 10.1. The number of rotatable bonds is 2. The number of anilines is 1. The lowest BCUT2D eigenvalue weighted by molar-refractivity contribution is 0.254. The summed E-state index contributed by atoms with van der Waals surface area (Å²) in [5.41, 5.74) is 0.433. The first-order valence-electron chi connectivity index (χ1n) is 6.20. The van der Waals surface area contributed by atoms with Crippen LogP contribution in [0.1, 0.15) is 31.2 Å². The van der Waals surface area contributed by atoms with E-state index < -0.39 is 0 Å². The van der Waals surface area contributed by atoms with E-state index in [2.05, 4.69) is 11.1 Å². The Balaban J connectivity index is 2.36. The van der Waals surface area contributed by atoms with Crippen LogP contribution in [0.4, 0.5) is 5.82 Å². The number of nitriles is 1. The second kappa shape index (κ2) is 6.03. The molecule has 1 aliphatic rings. The monoisotopic (exact) mass is 265 g/mol. The van der Waals surface area contributed by atoms with E-state index in [9.17, 15) is 5.11 Å². The van der Waals surface area contributed by atoms with Crippen LogP contribution in [0, 0.1) is 11.3 Å². The first kappa shape index (κ1) is 13.1. The Bertz CT molecular complexity index is 458. The van der Waals surface area contributed by atoms with Crippen molar-refractivity contribution in [1.82, 2.24) is 4.98 Å². The maximum atomic E-state index is 9.49. The van der Waals surface area contributed by atoms with E-state index in [1.54, 1.807) is 12.3 Å². The third-order valence-corrected chi connectivity index (χ3v) is 3.72. The summed E-state index contributed by atoms with van der Waals surface area (Å²) >= 11 is 6.21. The van der Waals surface area contributed by atoms with Crippen molar-refractivity contribution in [3.63, 3.8) is 0 Å². The molecule has 18 heavy (non-hydrogen) atoms. The molecule has 0 saturated carbocycles. The highest BCUT2D eigenvalue weighted by Gasteiger charge is 2.24. The van der Waals surface area contributed by atoms with Crippen molar-refractivity contribution < 1.29 is 5.11 Å². The van der Waals surface area contributed by atoms with Crippen molar-refractivity contribution in [2.24, 2.45) is 0 Å². The van der Waals surface area contributed by atoms with E-state index in [0.717, 1.165) is 32.2 Å². The summed E-state index contributed by atoms with van der Waals surface area (Å²) in [6, 6.07) is 3.72. The number of aliphatic hydroxyl groups excluding tert-OH is 1. The second-order valence-electron chi connectivity index (χ2n) is 4.49. The number of aromatic nitrogens is 1. The fourth-order valence-corrected chi connectivity index (χ4v) is 2.63. The van der Waals surface area contributed by atoms with Crippen molar-refractivity contribution in [2.75, 3.05) is 18.1 Å². The predicted molar refractivity (Wildman–Crippen MR) is 70.6 cm³/mol. The number of halogens is 1. The molecule has 2 heterocycles. The third kappa shape index (κ3) is 2.58. The van der Waals surface area contributed by atoms with Gasteiger partial charge >= 0.3 is 0 Å². The van der Waals surface area contributed by atoms with Crippen LogP contribution in [0.15, 0.2) is 12.3 Å². The van der Waals surface area contributed by atoms with Gasteiger partial charge in [-0.1, -0.05) is 24.4 Å². The lowest BCUT2D eigenvalue weighted by Gasteiger charge is -2.30. The second-order valence-corrected chi connectivity index (χ2v) is 4.86. The summed E-state index contributed by atoms with van der Waals surface area (Å²) in [4.78, 5) is 6.32. The molecule has 1 aromatic rings. The third-order valence-electron chi connectivity index (χ3n) is 3.35. The van der Waals surface area contributed by atoms with Crippen LogP contribution in [0.2, 0.25) is 5.02 Å². The quantitative estimate of drug-likeness (QED) is 0.892. The fourth-order valence-electron chi connectivity index (χ4n) is 2.37. The van der Waals surface area contributed by atoms with Crippen LogP contribution in [-0.2, 0) is 0 Å². The topological polar surface area (TPSA) is 60.2 Å². The molecular weight excluding hydrogens is 250 g/mol. The minimum atomic E-state index is 0.0476. The molecule has 0 spiro atoms. The Morgan fingerprint density at radius 1 is 1.50 bits per heavy atom. The van der Waals surface area contributed by atoms with E-state index >= 15 is 0 Å². The summed E-state index contributed by atoms with van der Waals surface area (Å²) < 4.78 is 0. The van der Waals surface area contributed by atoms with Crippen LogP contribution in [0.3, 0.4) is 0 Å². The summed E-state index contributed by atoms with van der Waals surface area (Å²) in [7, 11) is 0. The van der Waals surface area contributed by atoms with Gasteiger partial charge in [-0.25, -0.2) is 4.98 Å². The van der Waals surface area contributed by atoms with Gasteiger partial charge in [-0.2, -0.15) is 5.26 Å². The van der Waals surface area contributed by atoms with E-state index in [0.29, 0.717) is 16.4 Å². The van der Waals surface area contributed by atoms with Gasteiger partial charge in [-0.3, -0.25) is 0 Å². The molecule has 1 unspecified atom stereocenters. The maximum Gasteiger partial charge on any atom is 0.149 e. The van der Waals surface area contributed by atoms with Crippen molar-refractivity contribution >= 4 is 17.4 Å². The van der Waals surface area contributed by atoms with Crippen LogP contribution in [0.5, 0.6) is 0 Å². The van der Waals surface area contributed by atoms with Gasteiger partial charge in [0, 0.05) is 12.7 Å². The highest BCUT2D eigenvalue weighted by molar-refractivity contribution is 6.34. The molecule has 0 amide bonds. The molecule has 1 saturated heterocycles. The molecule has 1 aliphatic heterocycles. The first-order chi connectivity index (χ1) is 8.77. The Morgan fingerprint density at radius 2 is 2.33 bits per heavy atom. The van der Waals surface area contributed by atoms with Crippen LogP contribution < -0.4 is 4.90 Å². The van der Waals surface area contributed by atoms with Gasteiger partial charge in [0.1, 0.15) is 16.9 Å². The van der Waals surface area contributed by atoms with Crippen LogP contribution >= 0.6 is 11.6 Å². The summed E-state index contributed by atoms with van der Waals surface area (Å²) in [5, 5.41) is 18.9. The summed E-state index contributed by atoms with van der Waals surface area (Å²) in [5.74, 6) is 0.622. The van der Waals surface area contributed by atoms with Gasteiger partial charge in [-0.15, -0.1) is 0 Å². The van der Waals surface area contributed by atoms with Gasteiger partial charge in [-0.05, 0) is 18.9 Å². The smallest absolute Gasteiger partial charge is 0.149 e. The Morgan fingerprint density at radius 3 is 3.06 bits per heavy atom. The molecule has 0 radical (unpaired) electrons. The zero-order valence-corrected chi connectivity index (χ0v) is 10.9. The van der Waals surface area contributed by atoms with Crippen LogP contribution in [-0.4, -0.2) is 29.3 Å². The Hall–Kier alpha value is -1.31. The SMILES string of the molecule is N#Cc1ccnc(N2CCCCCC2CO)c1Cl. The zero-order chi connectivity index (χ0) is 13.0. The number of pyridine rings is 1. The van der Waals surface area contributed by atoms with Gasteiger partial charge in [0.2, 0.25) is 0 Å². The van der Waals surface area contributed by atoms with Crippen molar-refractivity contribution in [2.45, 2.75) is 31.7 Å². The number of hydrogen-bond acceptors (Lipinski definition) is 4. The maximum absolute atomic E-state index is 9.49. The van der Waals surface area contributed by atoms with Crippen molar-refractivity contribution in [3.05, 3.63) is 22.8 Å². The van der Waals surface area contributed by atoms with Crippen LogP contribution in [0.25, 0.3) is 0 Å². The summed E-state index contributed by atoms with van der Waals surface area (Å²) in [6.07, 6.45) is 5.86. The highest BCUT2D eigenvalue weighted by Crippen LogP contribution is 2.30. The number of nitrogens with zero attached hydrogens (tertiary/aromatic N) is 3. The normalized spacial score (nSPS) is 20.3. The Kier molecular flexibility index (Phi) is 4.40. The average Bonchev–Trinajstić information content (AvgIpc) is 2.64. The van der Waals surface area contributed by atoms with Crippen molar-refractivity contribution in [3.8, 4) is 6.07 Å². The fraction of sp³-hybridized carbons (Fsp3) is 0.538. The van der Waals surface area contributed by atoms with Gasteiger partial charge in [0.05, 0.1) is 18.2 Å². The lowest BCUT2D eigenvalue weighted by Crippen LogP contribution is -2.38. The first-order valence-corrected chi connectivity index (χ1v) is 6.58. The van der Waals surface area contributed by atoms with E-state index in [4.69, 9.17) is 16.9 Å². The molecule has 2 rings (SSSR count). The molecule has 5 heteroatoms. The molecule has 96 valence electrons. The molecule has 4 nitrogen and oxygen atoms in total. The standard InChI is InChI=1S/C13H16ClN3O/c14-12-10(8-15)5-6-16-13(12)17-7-3-1-2-4-11(17)9-18/h5-6,11,18H,1-4,7,9H2. The molecule has 0 bridgehead atoms. The molecule has 1 aromatic heterocycles. The van der Waals surface area contributed by atoms with Gasteiger partial charge in [0.15, 0.2) is 0 Å². The predicted octanol–water partition coefficient (Wildman–Crippen LogP) is 2.35. The van der Waals surface area contributed by atoms with Crippen molar-refractivity contribution in [1.29, 1.82) is 5.26 Å². The van der Waals surface area contributed by atoms with Gasteiger partial charge in [0.25, 0.3) is 0 Å². The molecule has 1 fully saturated rings. The molecule has 0 aliphatic carbocycles. The molecular formula is C13H16ClN3O. The minimum absolute atomic E-state index is 0.0476. The van der Waals surface area contributed by atoms with E-state index in [-0.39, 0.29) is 12.6 Å². The minimum Gasteiger partial charge on any atom is -0.394 e. The number of hydrogen-bond donors (Lipinski definition) is 1. The average molecular weight is 266 g/mol. The highest BCUT2D eigenvalue weighted by atomic mass is 35.5.